The Morgan fingerprint density at radius 2 is 0.952 bits per heavy atom. The maximum Gasteiger partial charge on any atom is 0.472 e. The lowest BCUT2D eigenvalue weighted by Gasteiger charge is -2.18. The van der Waals surface area contributed by atoms with Gasteiger partial charge in [-0.05, 0) is 96.3 Å². The maximum atomic E-state index is 12.3. The van der Waals surface area contributed by atoms with Crippen molar-refractivity contribution in [3.05, 3.63) is 109 Å². The van der Waals surface area contributed by atoms with Crippen molar-refractivity contribution in [1.29, 1.82) is 0 Å². The smallest absolute Gasteiger partial charge is 0.472 e. The minimum Gasteiger partial charge on any atom is -0.480 e. The molecule has 0 radical (unpaired) electrons. The van der Waals surface area contributed by atoms with E-state index >= 15 is 0 Å². The molecule has 0 fully saturated rings. The fourth-order valence-corrected chi connectivity index (χ4v) is 6.28. The number of aliphatic hydroxyl groups excluding tert-OH is 1. The van der Waals surface area contributed by atoms with Crippen LogP contribution in [0.25, 0.3) is 0 Å². The van der Waals surface area contributed by atoms with Gasteiger partial charge in [0.2, 0.25) is 5.91 Å². The highest BCUT2D eigenvalue weighted by atomic mass is 31.2. The van der Waals surface area contributed by atoms with Crippen LogP contribution >= 0.6 is 7.82 Å². The summed E-state index contributed by atoms with van der Waals surface area (Å²) in [4.78, 5) is 46.0. The van der Waals surface area contributed by atoms with Gasteiger partial charge in [-0.15, -0.1) is 0 Å². The standard InChI is InChI=1S/C50H80NO10P/c1-3-5-7-9-11-13-15-17-19-21-22-23-24-26-28-30-32-34-36-38-40-42-49(54)59-43-46(52)44-60-62(57,58)61-45-47(50(55)56)51-48(53)41-39-37-35-33-31-29-27-25-20-18-16-14-12-10-8-6-4-2/h6,8,11-14,17-20,22-23,26-29,33,35,46-47,52H,3-5,7,9-10,15-16,21,24-25,30-32,34,36-45H2,1-2H3,(H,51,53)(H,55,56)(H,57,58)/b8-6-,13-11-,14-12-,19-17-,20-18-,23-22-,28-26-,29-27-,35-33-. The summed E-state index contributed by atoms with van der Waals surface area (Å²) in [5.74, 6) is -2.49. The molecule has 3 atom stereocenters. The van der Waals surface area contributed by atoms with Crippen molar-refractivity contribution in [2.45, 2.75) is 167 Å². The number of ether oxygens (including phenoxy) is 1. The predicted molar refractivity (Wildman–Crippen MR) is 253 cm³/mol. The summed E-state index contributed by atoms with van der Waals surface area (Å²) in [5, 5.41) is 21.8. The van der Waals surface area contributed by atoms with Crippen LogP contribution < -0.4 is 5.32 Å². The monoisotopic (exact) mass is 886 g/mol. The van der Waals surface area contributed by atoms with E-state index in [4.69, 9.17) is 13.8 Å². The van der Waals surface area contributed by atoms with Crippen LogP contribution in [0.1, 0.15) is 155 Å². The quantitative estimate of drug-likeness (QED) is 0.0201. The molecule has 0 spiro atoms. The van der Waals surface area contributed by atoms with E-state index in [-0.39, 0.29) is 12.8 Å². The van der Waals surface area contributed by atoms with Crippen LogP contribution in [0.4, 0.5) is 0 Å². The minimum absolute atomic E-state index is 0.0591. The minimum atomic E-state index is -4.79. The molecule has 11 nitrogen and oxygen atoms in total. The van der Waals surface area contributed by atoms with Crippen molar-refractivity contribution in [2.75, 3.05) is 19.8 Å². The first-order valence-corrected chi connectivity index (χ1v) is 24.4. The van der Waals surface area contributed by atoms with E-state index in [0.29, 0.717) is 19.3 Å². The third-order valence-corrected chi connectivity index (χ3v) is 10.00. The number of esters is 1. The molecule has 0 bridgehead atoms. The van der Waals surface area contributed by atoms with Crippen molar-refractivity contribution >= 4 is 25.7 Å². The van der Waals surface area contributed by atoms with E-state index in [1.54, 1.807) is 0 Å². The Labute approximate surface area is 374 Å². The molecule has 0 saturated heterocycles. The molecule has 0 rings (SSSR count). The van der Waals surface area contributed by atoms with Crippen molar-refractivity contribution in [3.8, 4) is 0 Å². The number of carboxylic acids is 1. The van der Waals surface area contributed by atoms with Crippen molar-refractivity contribution in [1.82, 2.24) is 5.32 Å². The topological polar surface area (TPSA) is 169 Å². The van der Waals surface area contributed by atoms with Crippen LogP contribution in [0.15, 0.2) is 109 Å². The number of phosphoric acid groups is 1. The first kappa shape index (κ1) is 58.1. The summed E-state index contributed by atoms with van der Waals surface area (Å²) in [6.07, 6.45) is 56.9. The molecule has 0 aliphatic carbocycles. The Balaban J connectivity index is 4.01. The van der Waals surface area contributed by atoms with Gasteiger partial charge < -0.3 is 25.2 Å². The van der Waals surface area contributed by atoms with Crippen molar-refractivity contribution < 1.29 is 47.8 Å². The molecule has 0 aliphatic heterocycles. The Morgan fingerprint density at radius 1 is 0.532 bits per heavy atom. The Hall–Kier alpha value is -3.86. The molecule has 350 valence electrons. The number of aliphatic hydroxyl groups is 1. The summed E-state index contributed by atoms with van der Waals surface area (Å²) in [6.45, 7) is 2.37. The summed E-state index contributed by atoms with van der Waals surface area (Å²) in [7, 11) is -4.79. The Kier molecular flexibility index (Phi) is 41.0. The molecule has 3 unspecified atom stereocenters. The molecular formula is C50H80NO10P. The third-order valence-electron chi connectivity index (χ3n) is 9.05. The number of carboxylic acid groups (broad SMARTS) is 1. The number of carbonyl (C=O) groups excluding carboxylic acids is 2. The molecule has 0 aromatic carbocycles. The number of amides is 1. The molecule has 0 saturated carbocycles. The highest BCUT2D eigenvalue weighted by molar-refractivity contribution is 7.47. The Bertz CT molecular complexity index is 1460. The van der Waals surface area contributed by atoms with E-state index in [2.05, 4.69) is 116 Å². The van der Waals surface area contributed by atoms with Crippen molar-refractivity contribution in [3.63, 3.8) is 0 Å². The lowest BCUT2D eigenvalue weighted by molar-refractivity contribution is -0.147. The molecular weight excluding hydrogens is 806 g/mol. The number of nitrogens with one attached hydrogen (secondary N) is 1. The number of hydrogen-bond donors (Lipinski definition) is 4. The van der Waals surface area contributed by atoms with Crippen LogP contribution in [0.3, 0.4) is 0 Å². The van der Waals surface area contributed by atoms with Crippen LogP contribution in [0.2, 0.25) is 0 Å². The van der Waals surface area contributed by atoms with Crippen LogP contribution in [0.5, 0.6) is 0 Å². The first-order valence-electron chi connectivity index (χ1n) is 22.9. The largest absolute Gasteiger partial charge is 0.480 e. The molecule has 62 heavy (non-hydrogen) atoms. The maximum absolute atomic E-state index is 12.3. The SMILES string of the molecule is CC/C=C\C/C=C\C/C=C\C/C=C\C/C=C\CCCC(=O)NC(COP(=O)(O)OCC(O)COC(=O)CCCCCCC/C=C\C/C=C\C/C=C\C/C=C\CCCCC)C(=O)O. The normalized spacial score (nSPS) is 14.6. The van der Waals surface area contributed by atoms with E-state index < -0.39 is 57.6 Å². The van der Waals surface area contributed by atoms with Crippen molar-refractivity contribution in [2.24, 2.45) is 0 Å². The van der Waals surface area contributed by atoms with E-state index in [0.717, 1.165) is 83.5 Å². The van der Waals surface area contributed by atoms with Crippen LogP contribution in [0, 0.1) is 0 Å². The van der Waals surface area contributed by atoms with Gasteiger partial charge in [-0.2, -0.15) is 0 Å². The summed E-state index contributed by atoms with van der Waals surface area (Å²) in [5.41, 5.74) is 0. The second-order valence-corrected chi connectivity index (χ2v) is 16.3. The van der Waals surface area contributed by atoms with Gasteiger partial charge in [0.15, 0.2) is 6.04 Å². The summed E-state index contributed by atoms with van der Waals surface area (Å²) < 4.78 is 26.8. The average molecular weight is 886 g/mol. The molecule has 0 aromatic heterocycles. The number of hydrogen-bond acceptors (Lipinski definition) is 8. The van der Waals surface area contributed by atoms with E-state index in [1.807, 2.05) is 12.2 Å². The number of carbonyl (C=O) groups is 3. The predicted octanol–water partition coefficient (Wildman–Crippen LogP) is 12.2. The van der Waals surface area contributed by atoms with E-state index in [9.17, 15) is 34.1 Å². The molecule has 12 heteroatoms. The van der Waals surface area contributed by atoms with E-state index in [1.165, 1.54) is 25.7 Å². The number of allylic oxidation sites excluding steroid dienone is 18. The molecule has 4 N–H and O–H groups in total. The highest BCUT2D eigenvalue weighted by Gasteiger charge is 2.28. The fraction of sp³-hybridized carbons (Fsp3) is 0.580. The average Bonchev–Trinajstić information content (AvgIpc) is 3.25. The third kappa shape index (κ3) is 42.8. The van der Waals surface area contributed by atoms with Gasteiger partial charge in [-0.1, -0.05) is 155 Å². The van der Waals surface area contributed by atoms with Gasteiger partial charge in [0.1, 0.15) is 12.7 Å². The number of phosphoric ester groups is 1. The molecule has 1 amide bonds. The van der Waals surface area contributed by atoms with Gasteiger partial charge in [0.05, 0.1) is 13.2 Å². The fourth-order valence-electron chi connectivity index (χ4n) is 5.51. The molecule has 0 aliphatic rings. The van der Waals surface area contributed by atoms with Crippen LogP contribution in [-0.4, -0.2) is 64.9 Å². The number of unbranched alkanes of at least 4 members (excludes halogenated alkanes) is 9. The zero-order valence-electron chi connectivity index (χ0n) is 37.9. The van der Waals surface area contributed by atoms with Crippen LogP contribution in [-0.2, 0) is 32.7 Å². The summed E-state index contributed by atoms with van der Waals surface area (Å²) >= 11 is 0. The van der Waals surface area contributed by atoms with Gasteiger partial charge in [-0.25, -0.2) is 9.36 Å². The summed E-state index contributed by atoms with van der Waals surface area (Å²) in [6, 6.07) is -1.59. The number of rotatable bonds is 41. The van der Waals surface area contributed by atoms with Gasteiger partial charge in [0.25, 0.3) is 0 Å². The second-order valence-electron chi connectivity index (χ2n) is 14.9. The highest BCUT2D eigenvalue weighted by Crippen LogP contribution is 2.43. The second kappa shape index (κ2) is 43.8. The molecule has 0 aromatic rings. The zero-order chi connectivity index (χ0) is 45.6. The Morgan fingerprint density at radius 3 is 1.44 bits per heavy atom. The molecule has 0 heterocycles. The van der Waals surface area contributed by atoms with Gasteiger partial charge >= 0.3 is 19.8 Å². The van der Waals surface area contributed by atoms with Gasteiger partial charge in [0, 0.05) is 12.8 Å². The first-order chi connectivity index (χ1) is 30.1. The number of aliphatic carboxylic acids is 1. The van der Waals surface area contributed by atoms with Gasteiger partial charge in [-0.3, -0.25) is 18.6 Å². The lowest BCUT2D eigenvalue weighted by atomic mass is 10.1. The zero-order valence-corrected chi connectivity index (χ0v) is 38.8. The lowest BCUT2D eigenvalue weighted by Crippen LogP contribution is -2.43.